The minimum atomic E-state index is 0.924. The van der Waals surface area contributed by atoms with Crippen LogP contribution in [0.4, 0.5) is 0 Å². The predicted octanol–water partition coefficient (Wildman–Crippen LogP) is -0.460. The molecule has 0 radical (unpaired) electrons. The molecule has 1 aliphatic heterocycles. The van der Waals surface area contributed by atoms with Gasteiger partial charge in [-0.15, -0.1) is 6.58 Å². The van der Waals surface area contributed by atoms with E-state index in [1.165, 1.54) is 0 Å². The predicted molar refractivity (Wildman–Crippen MR) is 37.8 cm³/mol. The minimum Gasteiger partial charge on any atom is -0.292 e. The quantitative estimate of drug-likeness (QED) is 0.491. The van der Waals surface area contributed by atoms with Crippen molar-refractivity contribution in [1.82, 2.24) is 15.5 Å². The summed E-state index contributed by atoms with van der Waals surface area (Å²) in [6.45, 7) is 7.48. The molecule has 1 heterocycles. The van der Waals surface area contributed by atoms with Gasteiger partial charge in [0, 0.05) is 13.2 Å². The van der Waals surface area contributed by atoms with E-state index in [0.717, 1.165) is 26.6 Å². The van der Waals surface area contributed by atoms with Crippen LogP contribution >= 0.6 is 0 Å². The van der Waals surface area contributed by atoms with Crippen LogP contribution in [0.5, 0.6) is 0 Å². The molecule has 0 amide bonds. The second kappa shape index (κ2) is 3.61. The van der Waals surface area contributed by atoms with Gasteiger partial charge in [-0.25, -0.2) is 0 Å². The Labute approximate surface area is 55.7 Å². The SMILES string of the molecule is C=CCN1CNCNC1. The van der Waals surface area contributed by atoms with Gasteiger partial charge >= 0.3 is 0 Å². The molecule has 0 bridgehead atoms. The summed E-state index contributed by atoms with van der Waals surface area (Å²) in [7, 11) is 0. The van der Waals surface area contributed by atoms with Crippen LogP contribution in [0.25, 0.3) is 0 Å². The molecule has 0 spiro atoms. The van der Waals surface area contributed by atoms with Gasteiger partial charge in [0.25, 0.3) is 0 Å². The van der Waals surface area contributed by atoms with E-state index >= 15 is 0 Å². The summed E-state index contributed by atoms with van der Waals surface area (Å²) in [6, 6.07) is 0. The Morgan fingerprint density at radius 3 is 2.67 bits per heavy atom. The lowest BCUT2D eigenvalue weighted by Crippen LogP contribution is -2.50. The zero-order valence-electron chi connectivity index (χ0n) is 5.56. The summed E-state index contributed by atoms with van der Waals surface area (Å²) in [5.41, 5.74) is 0. The van der Waals surface area contributed by atoms with Gasteiger partial charge < -0.3 is 0 Å². The molecular weight excluding hydrogens is 114 g/mol. The van der Waals surface area contributed by atoms with Gasteiger partial charge in [-0.3, -0.25) is 15.5 Å². The van der Waals surface area contributed by atoms with Gasteiger partial charge in [-0.1, -0.05) is 6.08 Å². The van der Waals surface area contributed by atoms with Crippen molar-refractivity contribution in [2.75, 3.05) is 26.6 Å². The Bertz CT molecular complexity index is 86.3. The topological polar surface area (TPSA) is 27.3 Å². The lowest BCUT2D eigenvalue weighted by atomic mass is 10.5. The van der Waals surface area contributed by atoms with Crippen LogP contribution in [-0.4, -0.2) is 31.5 Å². The van der Waals surface area contributed by atoms with E-state index < -0.39 is 0 Å². The van der Waals surface area contributed by atoms with Gasteiger partial charge in [-0.05, 0) is 0 Å². The Morgan fingerprint density at radius 1 is 1.44 bits per heavy atom. The molecule has 0 aromatic carbocycles. The molecule has 0 aromatic heterocycles. The highest BCUT2D eigenvalue weighted by atomic mass is 15.4. The molecule has 9 heavy (non-hydrogen) atoms. The highest BCUT2D eigenvalue weighted by Gasteiger charge is 2.04. The first-order valence-electron chi connectivity index (χ1n) is 3.18. The van der Waals surface area contributed by atoms with Crippen molar-refractivity contribution < 1.29 is 0 Å². The van der Waals surface area contributed by atoms with E-state index in [2.05, 4.69) is 22.1 Å². The lowest BCUT2D eigenvalue weighted by Gasteiger charge is -2.26. The maximum atomic E-state index is 3.66. The molecule has 1 rings (SSSR count). The van der Waals surface area contributed by atoms with Crippen LogP contribution in [-0.2, 0) is 0 Å². The summed E-state index contributed by atoms with van der Waals surface area (Å²) in [4.78, 5) is 2.23. The first-order chi connectivity index (χ1) is 4.43. The summed E-state index contributed by atoms with van der Waals surface area (Å²) in [5.74, 6) is 0. The fourth-order valence-electron chi connectivity index (χ4n) is 0.884. The Hall–Kier alpha value is -0.380. The van der Waals surface area contributed by atoms with Crippen LogP contribution in [0.3, 0.4) is 0 Å². The van der Waals surface area contributed by atoms with E-state index in [-0.39, 0.29) is 0 Å². The molecule has 1 saturated heterocycles. The minimum absolute atomic E-state index is 0.924. The maximum Gasteiger partial charge on any atom is 0.0505 e. The molecule has 0 aromatic rings. The van der Waals surface area contributed by atoms with Crippen LogP contribution in [0.1, 0.15) is 0 Å². The fourth-order valence-corrected chi connectivity index (χ4v) is 0.884. The van der Waals surface area contributed by atoms with Gasteiger partial charge in [0.05, 0.1) is 13.3 Å². The summed E-state index contributed by atoms with van der Waals surface area (Å²) < 4.78 is 0. The molecule has 0 aliphatic carbocycles. The Morgan fingerprint density at radius 2 is 2.11 bits per heavy atom. The number of nitrogens with one attached hydrogen (secondary N) is 2. The smallest absolute Gasteiger partial charge is 0.0505 e. The van der Waals surface area contributed by atoms with E-state index in [1.54, 1.807) is 0 Å². The monoisotopic (exact) mass is 127 g/mol. The highest BCUT2D eigenvalue weighted by Crippen LogP contribution is 1.85. The summed E-state index contributed by atoms with van der Waals surface area (Å²) >= 11 is 0. The van der Waals surface area contributed by atoms with Gasteiger partial charge in [0.15, 0.2) is 0 Å². The second-order valence-electron chi connectivity index (χ2n) is 2.14. The number of nitrogens with zero attached hydrogens (tertiary/aromatic N) is 1. The summed E-state index contributed by atoms with van der Waals surface area (Å²) in [5, 5.41) is 6.37. The van der Waals surface area contributed by atoms with Crippen LogP contribution in [0, 0.1) is 0 Å². The first-order valence-corrected chi connectivity index (χ1v) is 3.18. The Balaban J connectivity index is 2.15. The van der Waals surface area contributed by atoms with Crippen molar-refractivity contribution in [2.24, 2.45) is 0 Å². The van der Waals surface area contributed by atoms with Gasteiger partial charge in [0.2, 0.25) is 0 Å². The van der Waals surface area contributed by atoms with Crippen LogP contribution < -0.4 is 10.6 Å². The third-order valence-corrected chi connectivity index (χ3v) is 1.31. The molecule has 0 atom stereocenters. The van der Waals surface area contributed by atoms with E-state index in [1.807, 2.05) is 6.08 Å². The van der Waals surface area contributed by atoms with Crippen molar-refractivity contribution >= 4 is 0 Å². The average molecular weight is 127 g/mol. The number of rotatable bonds is 2. The number of hydrogen-bond donors (Lipinski definition) is 2. The molecule has 1 aliphatic rings. The molecule has 1 fully saturated rings. The first kappa shape index (κ1) is 6.74. The van der Waals surface area contributed by atoms with Crippen molar-refractivity contribution in [3.63, 3.8) is 0 Å². The van der Waals surface area contributed by atoms with Crippen LogP contribution in [0.2, 0.25) is 0 Å². The number of hydrogen-bond acceptors (Lipinski definition) is 3. The van der Waals surface area contributed by atoms with Gasteiger partial charge in [-0.2, -0.15) is 0 Å². The third kappa shape index (κ3) is 2.13. The molecule has 2 N–H and O–H groups in total. The molecule has 3 heteroatoms. The van der Waals surface area contributed by atoms with E-state index in [0.29, 0.717) is 0 Å². The van der Waals surface area contributed by atoms with Crippen molar-refractivity contribution in [1.29, 1.82) is 0 Å². The van der Waals surface area contributed by atoms with Crippen LogP contribution in [0.15, 0.2) is 12.7 Å². The zero-order valence-corrected chi connectivity index (χ0v) is 5.56. The molecule has 0 saturated carbocycles. The normalized spacial score (nSPS) is 21.8. The molecular formula is C6H13N3. The van der Waals surface area contributed by atoms with E-state index in [9.17, 15) is 0 Å². The van der Waals surface area contributed by atoms with E-state index in [4.69, 9.17) is 0 Å². The summed E-state index contributed by atoms with van der Waals surface area (Å²) in [6.07, 6.45) is 1.91. The molecule has 3 nitrogen and oxygen atoms in total. The average Bonchev–Trinajstić information content (AvgIpc) is 1.91. The molecule has 0 unspecified atom stereocenters. The fraction of sp³-hybridized carbons (Fsp3) is 0.667. The standard InChI is InChI=1S/C6H13N3/c1-2-3-9-5-7-4-8-6-9/h2,7-8H,1,3-6H2. The third-order valence-electron chi connectivity index (χ3n) is 1.31. The van der Waals surface area contributed by atoms with Crippen molar-refractivity contribution in [3.05, 3.63) is 12.7 Å². The van der Waals surface area contributed by atoms with Crippen molar-refractivity contribution in [3.8, 4) is 0 Å². The lowest BCUT2D eigenvalue weighted by molar-refractivity contribution is 0.210. The molecule has 52 valence electrons. The zero-order chi connectivity index (χ0) is 6.53. The van der Waals surface area contributed by atoms with Crippen molar-refractivity contribution in [2.45, 2.75) is 0 Å². The largest absolute Gasteiger partial charge is 0.292 e. The van der Waals surface area contributed by atoms with Gasteiger partial charge in [0.1, 0.15) is 0 Å². The second-order valence-corrected chi connectivity index (χ2v) is 2.14. The Kier molecular flexibility index (Phi) is 2.70. The highest BCUT2D eigenvalue weighted by molar-refractivity contribution is 4.73. The maximum absolute atomic E-state index is 3.66.